The van der Waals surface area contributed by atoms with Crippen LogP contribution in [0.1, 0.15) is 23.3 Å². The molecular formula is C9H13N3O3S. The second-order valence-electron chi connectivity index (χ2n) is 3.94. The lowest BCUT2D eigenvalue weighted by atomic mass is 10.3. The summed E-state index contributed by atoms with van der Waals surface area (Å²) in [6.45, 7) is 0. The molecule has 88 valence electrons. The van der Waals surface area contributed by atoms with Gasteiger partial charge in [0.05, 0.1) is 4.90 Å². The maximum atomic E-state index is 11.8. The molecule has 0 spiro atoms. The van der Waals surface area contributed by atoms with E-state index in [9.17, 15) is 13.2 Å². The lowest BCUT2D eigenvalue weighted by Crippen LogP contribution is -2.28. The number of rotatable bonds is 3. The van der Waals surface area contributed by atoms with Crippen LogP contribution in [-0.2, 0) is 10.0 Å². The van der Waals surface area contributed by atoms with Gasteiger partial charge in [-0.3, -0.25) is 4.79 Å². The zero-order chi connectivity index (χ0) is 11.9. The molecule has 0 atom stereocenters. The number of sulfonamides is 1. The van der Waals surface area contributed by atoms with E-state index in [1.165, 1.54) is 12.3 Å². The fourth-order valence-corrected chi connectivity index (χ4v) is 1.99. The monoisotopic (exact) mass is 243 g/mol. The van der Waals surface area contributed by atoms with Gasteiger partial charge in [-0.05, 0) is 18.9 Å². The van der Waals surface area contributed by atoms with E-state index < -0.39 is 10.0 Å². The summed E-state index contributed by atoms with van der Waals surface area (Å²) in [4.78, 5) is 16.0. The van der Waals surface area contributed by atoms with Gasteiger partial charge in [0.15, 0.2) is 0 Å². The van der Waals surface area contributed by atoms with Crippen molar-refractivity contribution in [1.29, 1.82) is 0 Å². The number of nitrogens with two attached hydrogens (primary N) is 1. The highest BCUT2D eigenvalue weighted by Crippen LogP contribution is 2.26. The minimum atomic E-state index is -3.75. The quantitative estimate of drug-likeness (QED) is 0.775. The number of hydrogen-bond donors (Lipinski definition) is 2. The summed E-state index contributed by atoms with van der Waals surface area (Å²) < 4.78 is 22.0. The zero-order valence-corrected chi connectivity index (χ0v) is 9.62. The van der Waals surface area contributed by atoms with Crippen molar-refractivity contribution in [3.63, 3.8) is 0 Å². The molecule has 0 saturated heterocycles. The molecule has 0 bridgehead atoms. The van der Waals surface area contributed by atoms with Crippen molar-refractivity contribution in [1.82, 2.24) is 9.88 Å². The van der Waals surface area contributed by atoms with Crippen LogP contribution in [0.4, 0.5) is 0 Å². The molecule has 16 heavy (non-hydrogen) atoms. The lowest BCUT2D eigenvalue weighted by molar-refractivity contribution is 0.0780. The van der Waals surface area contributed by atoms with Crippen LogP contribution in [0.3, 0.4) is 0 Å². The number of aromatic nitrogens is 1. The van der Waals surface area contributed by atoms with Gasteiger partial charge in [0, 0.05) is 19.3 Å². The van der Waals surface area contributed by atoms with Gasteiger partial charge in [-0.15, -0.1) is 0 Å². The SMILES string of the molecule is CN(C(=O)c1cc(S(N)(=O)=O)c[nH]1)C1CC1. The van der Waals surface area contributed by atoms with Crippen LogP contribution >= 0.6 is 0 Å². The second-order valence-corrected chi connectivity index (χ2v) is 5.50. The maximum absolute atomic E-state index is 11.8. The van der Waals surface area contributed by atoms with Gasteiger partial charge in [0.2, 0.25) is 10.0 Å². The molecule has 3 N–H and O–H groups in total. The molecule has 1 heterocycles. The Morgan fingerprint density at radius 1 is 1.56 bits per heavy atom. The summed E-state index contributed by atoms with van der Waals surface area (Å²) in [5, 5.41) is 4.95. The van der Waals surface area contributed by atoms with E-state index in [2.05, 4.69) is 4.98 Å². The van der Waals surface area contributed by atoms with Gasteiger partial charge in [-0.25, -0.2) is 13.6 Å². The molecule has 1 amide bonds. The molecule has 1 aromatic heterocycles. The number of H-pyrrole nitrogens is 1. The molecule has 7 heteroatoms. The second kappa shape index (κ2) is 3.60. The highest BCUT2D eigenvalue weighted by Gasteiger charge is 2.30. The number of nitrogens with zero attached hydrogens (tertiary/aromatic N) is 1. The average Bonchev–Trinajstić information content (AvgIpc) is 2.91. The predicted octanol–water partition coefficient (Wildman–Crippen LogP) is -0.103. The van der Waals surface area contributed by atoms with Crippen LogP contribution in [0.5, 0.6) is 0 Å². The Morgan fingerprint density at radius 3 is 2.62 bits per heavy atom. The fourth-order valence-electron chi connectivity index (χ4n) is 1.48. The Hall–Kier alpha value is -1.34. The summed E-state index contributed by atoms with van der Waals surface area (Å²) in [5.41, 5.74) is 0.249. The molecular weight excluding hydrogens is 230 g/mol. The molecule has 0 aromatic carbocycles. The third-order valence-electron chi connectivity index (χ3n) is 2.63. The highest BCUT2D eigenvalue weighted by molar-refractivity contribution is 7.89. The third kappa shape index (κ3) is 2.10. The van der Waals surface area contributed by atoms with Crippen LogP contribution in [0.25, 0.3) is 0 Å². The fraction of sp³-hybridized carbons (Fsp3) is 0.444. The normalized spacial score (nSPS) is 16.1. The summed E-state index contributed by atoms with van der Waals surface area (Å²) in [6, 6.07) is 1.55. The van der Waals surface area contributed by atoms with Gasteiger partial charge in [-0.2, -0.15) is 0 Å². The van der Waals surface area contributed by atoms with Crippen molar-refractivity contribution in [2.45, 2.75) is 23.8 Å². The molecule has 1 aliphatic carbocycles. The van der Waals surface area contributed by atoms with Crippen molar-refractivity contribution >= 4 is 15.9 Å². The maximum Gasteiger partial charge on any atom is 0.270 e. The molecule has 2 rings (SSSR count). The Kier molecular flexibility index (Phi) is 2.51. The summed E-state index contributed by atoms with van der Waals surface area (Å²) in [5.74, 6) is -0.211. The van der Waals surface area contributed by atoms with Gasteiger partial charge in [0.1, 0.15) is 5.69 Å². The van der Waals surface area contributed by atoms with Gasteiger partial charge < -0.3 is 9.88 Å². The number of amides is 1. The van der Waals surface area contributed by atoms with Crippen molar-refractivity contribution in [2.24, 2.45) is 5.14 Å². The molecule has 1 aliphatic rings. The largest absolute Gasteiger partial charge is 0.356 e. The number of aromatic amines is 1. The van der Waals surface area contributed by atoms with Gasteiger partial charge in [0.25, 0.3) is 5.91 Å². The van der Waals surface area contributed by atoms with Crippen LogP contribution in [0.15, 0.2) is 17.2 Å². The van der Waals surface area contributed by atoms with Gasteiger partial charge in [-0.1, -0.05) is 0 Å². The number of primary sulfonamides is 1. The number of carbonyl (C=O) groups excluding carboxylic acids is 1. The molecule has 1 aromatic rings. The third-order valence-corrected chi connectivity index (χ3v) is 3.52. The molecule has 0 radical (unpaired) electrons. The Morgan fingerprint density at radius 2 is 2.19 bits per heavy atom. The van der Waals surface area contributed by atoms with E-state index in [4.69, 9.17) is 5.14 Å². The average molecular weight is 243 g/mol. The summed E-state index contributed by atoms with van der Waals surface area (Å²) in [6.07, 6.45) is 3.24. The molecule has 0 unspecified atom stereocenters. The van der Waals surface area contributed by atoms with Crippen molar-refractivity contribution in [3.8, 4) is 0 Å². The highest BCUT2D eigenvalue weighted by atomic mass is 32.2. The smallest absolute Gasteiger partial charge is 0.270 e. The van der Waals surface area contributed by atoms with E-state index in [0.717, 1.165) is 12.8 Å². The van der Waals surface area contributed by atoms with Crippen LogP contribution < -0.4 is 5.14 Å². The van der Waals surface area contributed by atoms with Crippen LogP contribution in [0, 0.1) is 0 Å². The van der Waals surface area contributed by atoms with Gasteiger partial charge >= 0.3 is 0 Å². The first-order valence-electron chi connectivity index (χ1n) is 4.88. The minimum Gasteiger partial charge on any atom is -0.356 e. The van der Waals surface area contributed by atoms with Crippen molar-refractivity contribution in [2.75, 3.05) is 7.05 Å². The molecule has 1 fully saturated rings. The molecule has 6 nitrogen and oxygen atoms in total. The van der Waals surface area contributed by atoms with E-state index in [0.29, 0.717) is 0 Å². The first kappa shape index (κ1) is 11.2. The van der Waals surface area contributed by atoms with E-state index >= 15 is 0 Å². The van der Waals surface area contributed by atoms with E-state index in [1.54, 1.807) is 11.9 Å². The summed E-state index contributed by atoms with van der Waals surface area (Å²) >= 11 is 0. The zero-order valence-electron chi connectivity index (χ0n) is 8.80. The van der Waals surface area contributed by atoms with Crippen LogP contribution in [-0.4, -0.2) is 37.3 Å². The first-order chi connectivity index (χ1) is 7.39. The topological polar surface area (TPSA) is 96.3 Å². The lowest BCUT2D eigenvalue weighted by Gasteiger charge is -2.14. The molecule has 1 saturated carbocycles. The Bertz CT molecular complexity index is 516. The minimum absolute atomic E-state index is 0.0694. The van der Waals surface area contributed by atoms with Crippen molar-refractivity contribution < 1.29 is 13.2 Å². The van der Waals surface area contributed by atoms with Crippen molar-refractivity contribution in [3.05, 3.63) is 18.0 Å². The predicted molar refractivity (Wildman–Crippen MR) is 57.3 cm³/mol. The number of hydrogen-bond acceptors (Lipinski definition) is 3. The first-order valence-corrected chi connectivity index (χ1v) is 6.42. The number of nitrogens with one attached hydrogen (secondary N) is 1. The Balaban J connectivity index is 2.21. The Labute approximate surface area is 93.5 Å². The van der Waals surface area contributed by atoms with Crippen LogP contribution in [0.2, 0.25) is 0 Å². The molecule has 0 aliphatic heterocycles. The standard InChI is InChI=1S/C9H13N3O3S/c1-12(6-2-3-6)9(13)8-4-7(5-11-8)16(10,14)15/h4-6,11H,2-3H2,1H3,(H2,10,14,15). The summed E-state index contributed by atoms with van der Waals surface area (Å²) in [7, 11) is -2.04. The number of carbonyl (C=O) groups is 1. The van der Waals surface area contributed by atoms with E-state index in [1.807, 2.05) is 0 Å². The van der Waals surface area contributed by atoms with E-state index in [-0.39, 0.29) is 22.5 Å².